The van der Waals surface area contributed by atoms with E-state index in [1.807, 2.05) is 32.0 Å². The Morgan fingerprint density at radius 2 is 1.81 bits per heavy atom. The highest BCUT2D eigenvalue weighted by atomic mass is 35.5. The lowest BCUT2D eigenvalue weighted by Crippen LogP contribution is -2.34. The van der Waals surface area contributed by atoms with Crippen molar-refractivity contribution in [3.8, 4) is 11.3 Å². The predicted molar refractivity (Wildman–Crippen MR) is 114 cm³/mol. The Hall–Kier alpha value is -2.34. The normalized spacial score (nSPS) is 10.5. The number of amides is 1. The molecular formula is C20H16Cl2N2O2S. The van der Waals surface area contributed by atoms with Crippen LogP contribution in [0.2, 0.25) is 10.0 Å². The first-order valence-electron chi connectivity index (χ1n) is 8.09. The van der Waals surface area contributed by atoms with Gasteiger partial charge < -0.3 is 9.73 Å². The summed E-state index contributed by atoms with van der Waals surface area (Å²) in [7, 11) is 0. The van der Waals surface area contributed by atoms with Crippen LogP contribution >= 0.6 is 35.4 Å². The van der Waals surface area contributed by atoms with Crippen molar-refractivity contribution in [3.05, 3.63) is 75.5 Å². The van der Waals surface area contributed by atoms with E-state index in [-0.39, 0.29) is 10.9 Å². The highest BCUT2D eigenvalue weighted by molar-refractivity contribution is 7.80. The standard InChI is InChI=1S/C20H16Cl2N2O2S/c1-11-4-3-5-16(12(11)2)23-20(27)24-19(25)18-9-8-17(26-18)13-6-7-14(21)15(22)10-13/h3-10H,1-2H3,(H2,23,24,25,27). The minimum absolute atomic E-state index is 0.140. The molecule has 0 fully saturated rings. The van der Waals surface area contributed by atoms with E-state index in [1.165, 1.54) is 0 Å². The summed E-state index contributed by atoms with van der Waals surface area (Å²) < 4.78 is 5.62. The van der Waals surface area contributed by atoms with Crippen LogP contribution in [0.15, 0.2) is 52.9 Å². The fourth-order valence-corrected chi connectivity index (χ4v) is 2.97. The highest BCUT2D eigenvalue weighted by Crippen LogP contribution is 2.29. The van der Waals surface area contributed by atoms with E-state index in [9.17, 15) is 4.79 Å². The molecule has 2 N–H and O–H groups in total. The van der Waals surface area contributed by atoms with Crippen LogP contribution in [0.3, 0.4) is 0 Å². The number of hydrogen-bond donors (Lipinski definition) is 2. The molecule has 138 valence electrons. The zero-order valence-corrected chi connectivity index (χ0v) is 16.9. The van der Waals surface area contributed by atoms with E-state index < -0.39 is 5.91 Å². The van der Waals surface area contributed by atoms with Crippen LogP contribution in [0.25, 0.3) is 11.3 Å². The average Bonchev–Trinajstić information content (AvgIpc) is 3.11. The molecule has 2 aromatic carbocycles. The number of benzene rings is 2. The molecule has 7 heteroatoms. The molecule has 3 rings (SSSR count). The monoisotopic (exact) mass is 418 g/mol. The summed E-state index contributed by atoms with van der Waals surface area (Å²) in [6, 6.07) is 14.2. The van der Waals surface area contributed by atoms with Crippen LogP contribution in [-0.4, -0.2) is 11.0 Å². The van der Waals surface area contributed by atoms with Crippen LogP contribution in [-0.2, 0) is 0 Å². The van der Waals surface area contributed by atoms with E-state index in [0.29, 0.717) is 15.8 Å². The Labute approximate surface area is 172 Å². The molecule has 0 aliphatic rings. The second-order valence-electron chi connectivity index (χ2n) is 5.95. The summed E-state index contributed by atoms with van der Waals surface area (Å²) in [6.07, 6.45) is 0. The number of anilines is 1. The van der Waals surface area contributed by atoms with E-state index in [0.717, 1.165) is 22.4 Å². The number of furan rings is 1. The third-order valence-corrected chi connectivity index (χ3v) is 5.06. The van der Waals surface area contributed by atoms with Gasteiger partial charge in [-0.1, -0.05) is 35.3 Å². The Balaban J connectivity index is 1.69. The molecule has 0 bridgehead atoms. The summed E-state index contributed by atoms with van der Waals surface area (Å²) in [5, 5.41) is 6.71. The third-order valence-electron chi connectivity index (χ3n) is 4.11. The molecule has 1 heterocycles. The third kappa shape index (κ3) is 4.50. The summed E-state index contributed by atoms with van der Waals surface area (Å²) in [5.41, 5.74) is 3.76. The first-order chi connectivity index (χ1) is 12.8. The minimum atomic E-state index is -0.441. The zero-order valence-electron chi connectivity index (χ0n) is 14.6. The number of halogens is 2. The van der Waals surface area contributed by atoms with Crippen LogP contribution in [0.5, 0.6) is 0 Å². The lowest BCUT2D eigenvalue weighted by atomic mass is 10.1. The molecule has 1 aromatic heterocycles. The zero-order chi connectivity index (χ0) is 19.6. The molecule has 27 heavy (non-hydrogen) atoms. The van der Waals surface area contributed by atoms with Crippen molar-refractivity contribution in [2.45, 2.75) is 13.8 Å². The first-order valence-corrected chi connectivity index (χ1v) is 9.25. The topological polar surface area (TPSA) is 54.3 Å². The molecule has 0 saturated heterocycles. The van der Waals surface area contributed by atoms with Crippen LogP contribution in [0.4, 0.5) is 5.69 Å². The lowest BCUT2D eigenvalue weighted by Gasteiger charge is -2.12. The Kier molecular flexibility index (Phi) is 5.85. The summed E-state index contributed by atoms with van der Waals surface area (Å²) in [4.78, 5) is 12.4. The average molecular weight is 419 g/mol. The predicted octanol–water partition coefficient (Wildman–Crippen LogP) is 6.00. The molecule has 0 atom stereocenters. The van der Waals surface area contributed by atoms with Gasteiger partial charge in [0.1, 0.15) is 5.76 Å². The SMILES string of the molecule is Cc1cccc(NC(=S)NC(=O)c2ccc(-c3ccc(Cl)c(Cl)c3)o2)c1C. The second kappa shape index (κ2) is 8.13. The Bertz CT molecular complexity index is 1030. The van der Waals surface area contributed by atoms with Gasteiger partial charge >= 0.3 is 0 Å². The van der Waals surface area contributed by atoms with Gasteiger partial charge in [-0.3, -0.25) is 10.1 Å². The molecule has 4 nitrogen and oxygen atoms in total. The molecule has 0 aliphatic carbocycles. The van der Waals surface area contributed by atoms with Gasteiger partial charge in [-0.25, -0.2) is 0 Å². The molecule has 0 spiro atoms. The molecule has 0 saturated carbocycles. The number of hydrogen-bond acceptors (Lipinski definition) is 3. The number of carbonyl (C=O) groups excluding carboxylic acids is 1. The Morgan fingerprint density at radius 3 is 2.56 bits per heavy atom. The fraction of sp³-hybridized carbons (Fsp3) is 0.100. The van der Waals surface area contributed by atoms with Crippen molar-refractivity contribution in [3.63, 3.8) is 0 Å². The smallest absolute Gasteiger partial charge is 0.293 e. The number of aryl methyl sites for hydroxylation is 1. The van der Waals surface area contributed by atoms with Gasteiger partial charge in [0, 0.05) is 11.3 Å². The number of thiocarbonyl (C=S) groups is 1. The van der Waals surface area contributed by atoms with E-state index >= 15 is 0 Å². The largest absolute Gasteiger partial charge is 0.451 e. The summed E-state index contributed by atoms with van der Waals surface area (Å²) >= 11 is 17.2. The molecule has 0 radical (unpaired) electrons. The maximum atomic E-state index is 12.4. The molecule has 0 unspecified atom stereocenters. The van der Waals surface area contributed by atoms with Crippen molar-refractivity contribution >= 4 is 52.1 Å². The summed E-state index contributed by atoms with van der Waals surface area (Å²) in [5.74, 6) is 0.206. The van der Waals surface area contributed by atoms with Gasteiger partial charge in [-0.2, -0.15) is 0 Å². The molecular weight excluding hydrogens is 403 g/mol. The highest BCUT2D eigenvalue weighted by Gasteiger charge is 2.15. The van der Waals surface area contributed by atoms with Crippen molar-refractivity contribution in [2.24, 2.45) is 0 Å². The first kappa shape index (κ1) is 19.4. The van der Waals surface area contributed by atoms with Gasteiger partial charge in [0.15, 0.2) is 10.9 Å². The van der Waals surface area contributed by atoms with Gasteiger partial charge in [0.25, 0.3) is 5.91 Å². The van der Waals surface area contributed by atoms with Crippen molar-refractivity contribution in [1.82, 2.24) is 5.32 Å². The van der Waals surface area contributed by atoms with Crippen LogP contribution in [0.1, 0.15) is 21.7 Å². The number of rotatable bonds is 3. The summed E-state index contributed by atoms with van der Waals surface area (Å²) in [6.45, 7) is 3.99. The van der Waals surface area contributed by atoms with Gasteiger partial charge in [-0.05, 0) is 73.6 Å². The van der Waals surface area contributed by atoms with E-state index in [1.54, 1.807) is 30.3 Å². The number of nitrogens with one attached hydrogen (secondary N) is 2. The van der Waals surface area contributed by atoms with Crippen LogP contribution in [0, 0.1) is 13.8 Å². The van der Waals surface area contributed by atoms with Crippen molar-refractivity contribution < 1.29 is 9.21 Å². The van der Waals surface area contributed by atoms with Gasteiger partial charge in [0.2, 0.25) is 0 Å². The van der Waals surface area contributed by atoms with Crippen LogP contribution < -0.4 is 10.6 Å². The molecule has 0 aliphatic heterocycles. The number of carbonyl (C=O) groups is 1. The quantitative estimate of drug-likeness (QED) is 0.512. The van der Waals surface area contributed by atoms with E-state index in [4.69, 9.17) is 39.8 Å². The maximum Gasteiger partial charge on any atom is 0.293 e. The van der Waals surface area contributed by atoms with Gasteiger partial charge in [-0.15, -0.1) is 0 Å². The minimum Gasteiger partial charge on any atom is -0.451 e. The molecule has 1 amide bonds. The lowest BCUT2D eigenvalue weighted by molar-refractivity contribution is 0.0951. The maximum absolute atomic E-state index is 12.4. The van der Waals surface area contributed by atoms with E-state index in [2.05, 4.69) is 10.6 Å². The molecule has 3 aromatic rings. The Morgan fingerprint density at radius 1 is 1.04 bits per heavy atom. The van der Waals surface area contributed by atoms with Gasteiger partial charge in [0.05, 0.1) is 10.0 Å². The van der Waals surface area contributed by atoms with Crippen molar-refractivity contribution in [2.75, 3.05) is 5.32 Å². The fourth-order valence-electron chi connectivity index (χ4n) is 2.47. The second-order valence-corrected chi connectivity index (χ2v) is 7.17. The van der Waals surface area contributed by atoms with Crippen molar-refractivity contribution in [1.29, 1.82) is 0 Å².